The van der Waals surface area contributed by atoms with Crippen molar-refractivity contribution in [2.45, 2.75) is 18.4 Å². The van der Waals surface area contributed by atoms with Crippen LogP contribution >= 0.6 is 23.1 Å². The number of nitrogens with zero attached hydrogens (tertiary/aromatic N) is 1. The Morgan fingerprint density at radius 1 is 1.33 bits per heavy atom. The van der Waals surface area contributed by atoms with Crippen molar-refractivity contribution in [3.63, 3.8) is 0 Å². The first-order valence-corrected chi connectivity index (χ1v) is 7.54. The Hall–Kier alpha value is -1.33. The van der Waals surface area contributed by atoms with Crippen LogP contribution in [0.4, 0.5) is 0 Å². The minimum absolute atomic E-state index is 0.0359. The lowest BCUT2D eigenvalue weighted by Gasteiger charge is -2.04. The monoisotopic (exact) mass is 279 g/mol. The number of aryl methyl sites for hydroxylation is 1. The molecule has 1 aromatic carbocycles. The van der Waals surface area contributed by atoms with Crippen LogP contribution < -0.4 is 4.87 Å². The number of carbonyl (C=O) groups excluding carboxylic acids is 1. The van der Waals surface area contributed by atoms with Crippen LogP contribution in [0.5, 0.6) is 0 Å². The summed E-state index contributed by atoms with van der Waals surface area (Å²) in [6.07, 6.45) is 1.99. The van der Waals surface area contributed by atoms with Crippen LogP contribution in [0.15, 0.2) is 39.3 Å². The van der Waals surface area contributed by atoms with Gasteiger partial charge in [-0.1, -0.05) is 23.5 Å². The standard InChI is InChI=1S/C13H13NO2S2/c1-9-8-18-13(16)14(9)7-12(15)10-3-5-11(17-2)6-4-10/h3-6,8H,7H2,1-2H3. The van der Waals surface area contributed by atoms with Crippen LogP contribution in [0.2, 0.25) is 0 Å². The Bertz CT molecular complexity index is 611. The van der Waals surface area contributed by atoms with Gasteiger partial charge in [0.15, 0.2) is 5.78 Å². The Kier molecular flexibility index (Phi) is 4.04. The van der Waals surface area contributed by atoms with E-state index >= 15 is 0 Å². The summed E-state index contributed by atoms with van der Waals surface area (Å²) in [6.45, 7) is 1.95. The molecule has 0 aliphatic heterocycles. The van der Waals surface area contributed by atoms with Crippen molar-refractivity contribution in [3.8, 4) is 0 Å². The maximum absolute atomic E-state index is 12.1. The summed E-state index contributed by atoms with van der Waals surface area (Å²) in [4.78, 5) is 24.6. The number of benzene rings is 1. The molecule has 0 amide bonds. The van der Waals surface area contributed by atoms with Crippen molar-refractivity contribution in [2.24, 2.45) is 0 Å². The number of thioether (sulfide) groups is 1. The molecule has 0 unspecified atom stereocenters. The van der Waals surface area contributed by atoms with Gasteiger partial charge in [-0.05, 0) is 25.3 Å². The molecule has 94 valence electrons. The number of hydrogen-bond acceptors (Lipinski definition) is 4. The van der Waals surface area contributed by atoms with Crippen LogP contribution in [0.1, 0.15) is 16.1 Å². The molecule has 0 saturated heterocycles. The van der Waals surface area contributed by atoms with Gasteiger partial charge in [0.25, 0.3) is 0 Å². The van der Waals surface area contributed by atoms with Crippen molar-refractivity contribution in [2.75, 3.05) is 6.26 Å². The van der Waals surface area contributed by atoms with Crippen LogP contribution in [-0.2, 0) is 6.54 Å². The largest absolute Gasteiger partial charge is 0.307 e. The molecule has 3 nitrogen and oxygen atoms in total. The lowest BCUT2D eigenvalue weighted by molar-refractivity contribution is 0.0970. The summed E-state index contributed by atoms with van der Waals surface area (Å²) in [6, 6.07) is 7.45. The molecule has 0 spiro atoms. The van der Waals surface area contributed by atoms with E-state index in [1.165, 1.54) is 4.57 Å². The number of Topliss-reactive ketones (excluding diaryl/α,β-unsaturated/α-hetero) is 1. The lowest BCUT2D eigenvalue weighted by atomic mass is 10.1. The molecule has 1 aromatic heterocycles. The van der Waals surface area contributed by atoms with E-state index in [0.29, 0.717) is 5.56 Å². The van der Waals surface area contributed by atoms with Crippen LogP contribution in [-0.4, -0.2) is 16.6 Å². The van der Waals surface area contributed by atoms with Gasteiger partial charge >= 0.3 is 4.87 Å². The first-order valence-electron chi connectivity index (χ1n) is 5.44. The van der Waals surface area contributed by atoms with Gasteiger partial charge < -0.3 is 0 Å². The van der Waals surface area contributed by atoms with Crippen LogP contribution in [0, 0.1) is 6.92 Å². The van der Waals surface area contributed by atoms with E-state index in [4.69, 9.17) is 0 Å². The highest BCUT2D eigenvalue weighted by atomic mass is 32.2. The van der Waals surface area contributed by atoms with Gasteiger partial charge in [-0.2, -0.15) is 0 Å². The normalized spacial score (nSPS) is 10.6. The summed E-state index contributed by atoms with van der Waals surface area (Å²) < 4.78 is 1.51. The Morgan fingerprint density at radius 3 is 2.50 bits per heavy atom. The van der Waals surface area contributed by atoms with Gasteiger partial charge in [-0.15, -0.1) is 11.8 Å². The highest BCUT2D eigenvalue weighted by Crippen LogP contribution is 2.15. The van der Waals surface area contributed by atoms with Gasteiger partial charge in [0.05, 0.1) is 6.54 Å². The summed E-state index contributed by atoms with van der Waals surface area (Å²) in [7, 11) is 0. The summed E-state index contributed by atoms with van der Waals surface area (Å²) in [5, 5.41) is 1.77. The predicted molar refractivity (Wildman–Crippen MR) is 75.9 cm³/mol. The third-order valence-electron chi connectivity index (χ3n) is 2.69. The van der Waals surface area contributed by atoms with Crippen molar-refractivity contribution in [3.05, 3.63) is 50.6 Å². The van der Waals surface area contributed by atoms with Crippen LogP contribution in [0.25, 0.3) is 0 Å². The molecule has 0 aliphatic rings. The number of ketones is 1. The Labute approximate surface area is 113 Å². The maximum atomic E-state index is 12.1. The molecule has 0 saturated carbocycles. The Balaban J connectivity index is 2.19. The molecule has 0 aliphatic carbocycles. The fraction of sp³-hybridized carbons (Fsp3) is 0.231. The highest BCUT2D eigenvalue weighted by Gasteiger charge is 2.10. The van der Waals surface area contributed by atoms with Gasteiger partial charge in [0, 0.05) is 21.5 Å². The van der Waals surface area contributed by atoms with E-state index in [1.807, 2.05) is 25.3 Å². The second-order valence-corrected chi connectivity index (χ2v) is 5.58. The topological polar surface area (TPSA) is 39.1 Å². The summed E-state index contributed by atoms with van der Waals surface area (Å²) in [5.41, 5.74) is 1.48. The minimum atomic E-state index is -0.0819. The fourth-order valence-electron chi connectivity index (χ4n) is 1.61. The van der Waals surface area contributed by atoms with Crippen molar-refractivity contribution < 1.29 is 4.79 Å². The number of aromatic nitrogens is 1. The van der Waals surface area contributed by atoms with E-state index in [-0.39, 0.29) is 17.2 Å². The quantitative estimate of drug-likeness (QED) is 0.638. The molecule has 2 aromatic rings. The molecule has 0 atom stereocenters. The molecular formula is C13H13NO2S2. The van der Waals surface area contributed by atoms with Gasteiger partial charge in [-0.3, -0.25) is 14.2 Å². The number of thiazole rings is 1. The van der Waals surface area contributed by atoms with Crippen LogP contribution in [0.3, 0.4) is 0 Å². The zero-order valence-corrected chi connectivity index (χ0v) is 11.8. The zero-order chi connectivity index (χ0) is 13.1. The van der Waals surface area contributed by atoms with E-state index in [9.17, 15) is 9.59 Å². The lowest BCUT2D eigenvalue weighted by Crippen LogP contribution is -2.20. The maximum Gasteiger partial charge on any atom is 0.307 e. The second kappa shape index (κ2) is 5.54. The minimum Gasteiger partial charge on any atom is -0.296 e. The molecular weight excluding hydrogens is 266 g/mol. The third kappa shape index (κ3) is 2.73. The molecule has 0 N–H and O–H groups in total. The first-order chi connectivity index (χ1) is 8.61. The molecule has 0 radical (unpaired) electrons. The fourth-order valence-corrected chi connectivity index (χ4v) is 2.75. The van der Waals surface area contributed by atoms with Gasteiger partial charge in [-0.25, -0.2) is 0 Å². The van der Waals surface area contributed by atoms with Crippen molar-refractivity contribution in [1.82, 2.24) is 4.57 Å². The SMILES string of the molecule is CSc1ccc(C(=O)Cn2c(C)csc2=O)cc1. The van der Waals surface area contributed by atoms with E-state index in [0.717, 1.165) is 21.9 Å². The van der Waals surface area contributed by atoms with E-state index in [1.54, 1.807) is 29.3 Å². The van der Waals surface area contributed by atoms with Gasteiger partial charge in [0.2, 0.25) is 0 Å². The van der Waals surface area contributed by atoms with E-state index < -0.39 is 0 Å². The Morgan fingerprint density at radius 2 is 2.00 bits per heavy atom. The van der Waals surface area contributed by atoms with Gasteiger partial charge in [0.1, 0.15) is 0 Å². The number of hydrogen-bond donors (Lipinski definition) is 0. The predicted octanol–water partition coefficient (Wildman–Crippen LogP) is 2.82. The highest BCUT2D eigenvalue weighted by molar-refractivity contribution is 7.98. The third-order valence-corrected chi connectivity index (χ3v) is 4.31. The molecule has 0 bridgehead atoms. The average molecular weight is 279 g/mol. The van der Waals surface area contributed by atoms with E-state index in [2.05, 4.69) is 0 Å². The molecule has 18 heavy (non-hydrogen) atoms. The second-order valence-electron chi connectivity index (χ2n) is 3.88. The average Bonchev–Trinajstić information content (AvgIpc) is 2.70. The smallest absolute Gasteiger partial charge is 0.296 e. The first kappa shape index (κ1) is 13.1. The van der Waals surface area contributed by atoms with Crippen molar-refractivity contribution in [1.29, 1.82) is 0 Å². The molecule has 0 fully saturated rings. The number of carbonyl (C=O) groups is 1. The zero-order valence-electron chi connectivity index (χ0n) is 10.2. The summed E-state index contributed by atoms with van der Waals surface area (Å²) in [5.74, 6) is -0.0359. The molecule has 5 heteroatoms. The molecule has 1 heterocycles. The summed E-state index contributed by atoms with van der Waals surface area (Å²) >= 11 is 2.76. The molecule has 2 rings (SSSR count). The van der Waals surface area contributed by atoms with Crippen molar-refractivity contribution >= 4 is 28.9 Å². The number of rotatable bonds is 4.